The SMILES string of the molecule is CCC(CC)C(=O)Nc1ccc2c(c1)c(N=O)c(O)n2Cc1cc(OC)cc(OC)c1. The van der Waals surface area contributed by atoms with Crippen LogP contribution in [0.5, 0.6) is 17.4 Å². The van der Waals surface area contributed by atoms with E-state index >= 15 is 0 Å². The highest BCUT2D eigenvalue weighted by molar-refractivity contribution is 6.00. The van der Waals surface area contributed by atoms with Crippen molar-refractivity contribution in [2.45, 2.75) is 33.2 Å². The number of carbonyl (C=O) groups excluding carboxylic acids is 1. The number of fused-ring (bicyclic) bond motifs is 1. The minimum absolute atomic E-state index is 0.0662. The fourth-order valence-electron chi connectivity index (χ4n) is 3.70. The summed E-state index contributed by atoms with van der Waals surface area (Å²) in [5.41, 5.74) is 1.92. The summed E-state index contributed by atoms with van der Waals surface area (Å²) in [7, 11) is 3.12. The first-order valence-electron chi connectivity index (χ1n) is 10.2. The standard InChI is InChI=1S/C23H27N3O5/c1-5-15(6-2)22(27)24-16-7-8-20-19(11-16)21(25-29)23(28)26(20)13-14-9-17(30-3)12-18(10-14)31-4/h7-12,15,28H,5-6,13H2,1-4H3,(H,24,27). The van der Waals surface area contributed by atoms with E-state index in [0.717, 1.165) is 18.4 Å². The second-order valence-corrected chi connectivity index (χ2v) is 7.31. The summed E-state index contributed by atoms with van der Waals surface area (Å²) in [6.45, 7) is 4.21. The molecule has 0 atom stereocenters. The average Bonchev–Trinajstić information content (AvgIpc) is 3.04. The van der Waals surface area contributed by atoms with Crippen molar-refractivity contribution < 1.29 is 19.4 Å². The second-order valence-electron chi connectivity index (χ2n) is 7.31. The summed E-state index contributed by atoms with van der Waals surface area (Å²) in [5, 5.41) is 17.1. The molecule has 1 heterocycles. The molecule has 0 spiro atoms. The lowest BCUT2D eigenvalue weighted by molar-refractivity contribution is -0.120. The summed E-state index contributed by atoms with van der Waals surface area (Å²) in [5.74, 6) is 0.837. The third-order valence-corrected chi connectivity index (χ3v) is 5.48. The molecule has 0 aliphatic carbocycles. The quantitative estimate of drug-likeness (QED) is 0.460. The van der Waals surface area contributed by atoms with Crippen molar-refractivity contribution in [1.29, 1.82) is 0 Å². The van der Waals surface area contributed by atoms with Gasteiger partial charge in [0.1, 0.15) is 11.5 Å². The molecule has 164 valence electrons. The van der Waals surface area contributed by atoms with Crippen LogP contribution in [0.3, 0.4) is 0 Å². The fourth-order valence-corrected chi connectivity index (χ4v) is 3.70. The lowest BCUT2D eigenvalue weighted by Gasteiger charge is -2.13. The van der Waals surface area contributed by atoms with E-state index in [0.29, 0.717) is 28.1 Å². The lowest BCUT2D eigenvalue weighted by Crippen LogP contribution is -2.21. The number of benzene rings is 2. The van der Waals surface area contributed by atoms with Gasteiger partial charge in [-0.25, -0.2) is 0 Å². The Labute approximate surface area is 180 Å². The van der Waals surface area contributed by atoms with Crippen LogP contribution >= 0.6 is 0 Å². The molecule has 0 radical (unpaired) electrons. The van der Waals surface area contributed by atoms with Gasteiger partial charge in [0.2, 0.25) is 11.8 Å². The van der Waals surface area contributed by atoms with Crippen molar-refractivity contribution in [2.24, 2.45) is 11.1 Å². The zero-order valence-corrected chi connectivity index (χ0v) is 18.1. The Kier molecular flexibility index (Phi) is 6.79. The number of carbonyl (C=O) groups is 1. The van der Waals surface area contributed by atoms with Crippen LogP contribution in [0.25, 0.3) is 10.9 Å². The van der Waals surface area contributed by atoms with Crippen molar-refractivity contribution in [3.63, 3.8) is 0 Å². The smallest absolute Gasteiger partial charge is 0.227 e. The zero-order valence-electron chi connectivity index (χ0n) is 18.1. The van der Waals surface area contributed by atoms with Crippen molar-refractivity contribution >= 4 is 28.2 Å². The van der Waals surface area contributed by atoms with Crippen molar-refractivity contribution in [3.8, 4) is 17.4 Å². The molecule has 0 unspecified atom stereocenters. The summed E-state index contributed by atoms with van der Waals surface area (Å²) < 4.78 is 12.2. The van der Waals surface area contributed by atoms with Gasteiger partial charge in [-0.15, -0.1) is 4.91 Å². The number of hydrogen-bond donors (Lipinski definition) is 2. The Morgan fingerprint density at radius 1 is 1.10 bits per heavy atom. The summed E-state index contributed by atoms with van der Waals surface area (Å²) in [6.07, 6.45) is 1.49. The van der Waals surface area contributed by atoms with Crippen LogP contribution in [-0.2, 0) is 11.3 Å². The van der Waals surface area contributed by atoms with Gasteiger partial charge in [-0.1, -0.05) is 13.8 Å². The molecule has 2 N–H and O–H groups in total. The topological polar surface area (TPSA) is 102 Å². The van der Waals surface area contributed by atoms with E-state index in [4.69, 9.17) is 9.47 Å². The minimum atomic E-state index is -0.241. The Hall–Kier alpha value is -3.55. The summed E-state index contributed by atoms with van der Waals surface area (Å²) >= 11 is 0. The minimum Gasteiger partial charge on any atom is -0.497 e. The Balaban J connectivity index is 2.01. The number of nitrogens with one attached hydrogen (secondary N) is 1. The molecule has 31 heavy (non-hydrogen) atoms. The molecule has 8 heteroatoms. The van der Waals surface area contributed by atoms with Gasteiger partial charge >= 0.3 is 0 Å². The molecule has 0 aliphatic rings. The summed E-state index contributed by atoms with van der Waals surface area (Å²) in [4.78, 5) is 23.9. The fraction of sp³-hybridized carbons (Fsp3) is 0.348. The number of aromatic nitrogens is 1. The van der Waals surface area contributed by atoms with Gasteiger partial charge in [0.15, 0.2) is 5.69 Å². The predicted octanol–water partition coefficient (Wildman–Crippen LogP) is 5.19. The zero-order chi connectivity index (χ0) is 22.5. The van der Waals surface area contributed by atoms with Crippen LogP contribution in [0.15, 0.2) is 41.6 Å². The Morgan fingerprint density at radius 3 is 2.29 bits per heavy atom. The third-order valence-electron chi connectivity index (χ3n) is 5.48. The molecular weight excluding hydrogens is 398 g/mol. The first-order valence-corrected chi connectivity index (χ1v) is 10.2. The van der Waals surface area contributed by atoms with E-state index < -0.39 is 0 Å². The number of aromatic hydroxyl groups is 1. The molecular formula is C23H27N3O5. The van der Waals surface area contributed by atoms with Crippen molar-refractivity contribution in [2.75, 3.05) is 19.5 Å². The number of methoxy groups -OCH3 is 2. The van der Waals surface area contributed by atoms with Gasteiger partial charge in [0.25, 0.3) is 0 Å². The highest BCUT2D eigenvalue weighted by Gasteiger charge is 2.20. The Bertz CT molecular complexity index is 1080. The lowest BCUT2D eigenvalue weighted by atomic mass is 10.0. The first-order chi connectivity index (χ1) is 14.9. The summed E-state index contributed by atoms with van der Waals surface area (Å²) in [6, 6.07) is 10.6. The molecule has 0 bridgehead atoms. The van der Waals surface area contributed by atoms with Gasteiger partial charge in [-0.3, -0.25) is 4.79 Å². The van der Waals surface area contributed by atoms with Gasteiger partial charge in [-0.2, -0.15) is 0 Å². The van der Waals surface area contributed by atoms with Gasteiger partial charge in [0, 0.05) is 23.1 Å². The van der Waals surface area contributed by atoms with Gasteiger partial charge in [0.05, 0.1) is 26.3 Å². The molecule has 3 aromatic rings. The van der Waals surface area contributed by atoms with Gasteiger partial charge < -0.3 is 24.5 Å². The molecule has 0 fully saturated rings. The maximum Gasteiger partial charge on any atom is 0.227 e. The third kappa shape index (κ3) is 4.47. The monoisotopic (exact) mass is 425 g/mol. The largest absolute Gasteiger partial charge is 0.497 e. The van der Waals surface area contributed by atoms with E-state index in [1.54, 1.807) is 43.1 Å². The van der Waals surface area contributed by atoms with Crippen LogP contribution in [0.1, 0.15) is 32.3 Å². The van der Waals surface area contributed by atoms with Crippen LogP contribution in [0.4, 0.5) is 11.4 Å². The molecule has 1 aromatic heterocycles. The maximum atomic E-state index is 12.4. The molecule has 3 rings (SSSR count). The first kappa shape index (κ1) is 22.1. The number of nitrogens with zero attached hydrogens (tertiary/aromatic N) is 2. The molecule has 8 nitrogen and oxygen atoms in total. The van der Waals surface area contributed by atoms with Crippen molar-refractivity contribution in [3.05, 3.63) is 46.9 Å². The normalized spacial score (nSPS) is 11.0. The molecule has 1 amide bonds. The molecule has 2 aromatic carbocycles. The molecule has 0 aliphatic heterocycles. The van der Waals surface area contributed by atoms with E-state index in [2.05, 4.69) is 10.5 Å². The van der Waals surface area contributed by atoms with Crippen LogP contribution < -0.4 is 14.8 Å². The average molecular weight is 425 g/mol. The van der Waals surface area contributed by atoms with Crippen LogP contribution in [0.2, 0.25) is 0 Å². The number of amides is 1. The number of rotatable bonds is 9. The van der Waals surface area contributed by atoms with E-state index in [-0.39, 0.29) is 29.9 Å². The number of anilines is 1. The predicted molar refractivity (Wildman–Crippen MR) is 120 cm³/mol. The highest BCUT2D eigenvalue weighted by atomic mass is 16.5. The number of nitroso groups, excluding NO2 is 1. The molecule has 0 saturated carbocycles. The van der Waals surface area contributed by atoms with Crippen LogP contribution in [-0.4, -0.2) is 29.8 Å². The van der Waals surface area contributed by atoms with E-state index in [1.165, 1.54) is 0 Å². The van der Waals surface area contributed by atoms with E-state index in [9.17, 15) is 14.8 Å². The van der Waals surface area contributed by atoms with Crippen molar-refractivity contribution in [1.82, 2.24) is 4.57 Å². The van der Waals surface area contributed by atoms with E-state index in [1.807, 2.05) is 26.0 Å². The number of hydrogen-bond acceptors (Lipinski definition) is 6. The highest BCUT2D eigenvalue weighted by Crippen LogP contribution is 2.40. The van der Waals surface area contributed by atoms with Gasteiger partial charge in [-0.05, 0) is 53.9 Å². The maximum absolute atomic E-state index is 12.4. The Morgan fingerprint density at radius 2 is 1.74 bits per heavy atom. The second kappa shape index (κ2) is 9.51. The van der Waals surface area contributed by atoms with Crippen LogP contribution in [0, 0.1) is 10.8 Å². The molecule has 0 saturated heterocycles. The number of ether oxygens (including phenoxy) is 2.